The number of nitrogens with zero attached hydrogens (tertiary/aromatic N) is 2. The summed E-state index contributed by atoms with van der Waals surface area (Å²) in [7, 11) is 1.71. The van der Waals surface area contributed by atoms with Gasteiger partial charge < -0.3 is 20.3 Å². The first-order valence-electron chi connectivity index (χ1n) is 7.43. The number of rotatable bonds is 10. The number of aliphatic imine (C=N–C) groups is 1. The van der Waals surface area contributed by atoms with E-state index in [4.69, 9.17) is 4.74 Å². The van der Waals surface area contributed by atoms with Gasteiger partial charge in [0.15, 0.2) is 5.96 Å². The molecule has 0 aliphatic carbocycles. The molecule has 0 heterocycles. The number of hydrogen-bond donors (Lipinski definition) is 2. The molecule has 0 radical (unpaired) electrons. The third-order valence-electron chi connectivity index (χ3n) is 2.82. The highest BCUT2D eigenvalue weighted by Gasteiger charge is 2.04. The molecule has 0 amide bonds. The van der Waals surface area contributed by atoms with E-state index in [-0.39, 0.29) is 30.0 Å². The van der Waals surface area contributed by atoms with Crippen molar-refractivity contribution >= 4 is 29.9 Å². The predicted molar refractivity (Wildman–Crippen MR) is 98.3 cm³/mol. The minimum Gasteiger partial charge on any atom is -0.383 e. The molecule has 20 heavy (non-hydrogen) atoms. The Morgan fingerprint density at radius 3 is 2.45 bits per heavy atom. The zero-order valence-corrected chi connectivity index (χ0v) is 16.1. The number of ether oxygens (including phenoxy) is 1. The molecule has 1 atom stereocenters. The minimum atomic E-state index is 0. The number of methoxy groups -OCH3 is 1. The number of likely N-dealkylation sites (N-methyl/N-ethyl adjacent to an activating group) is 1. The molecule has 1 unspecified atom stereocenters. The number of nitrogens with one attached hydrogen (secondary N) is 2. The van der Waals surface area contributed by atoms with Crippen molar-refractivity contribution in [1.82, 2.24) is 15.5 Å². The number of hydrogen-bond acceptors (Lipinski definition) is 3. The van der Waals surface area contributed by atoms with Crippen LogP contribution in [0.15, 0.2) is 4.99 Å². The fraction of sp³-hybridized carbons (Fsp3) is 0.929. The van der Waals surface area contributed by atoms with Crippen LogP contribution in [0.5, 0.6) is 0 Å². The molecule has 5 nitrogen and oxygen atoms in total. The van der Waals surface area contributed by atoms with Gasteiger partial charge in [-0.15, -0.1) is 24.0 Å². The second-order valence-corrected chi connectivity index (χ2v) is 4.70. The molecule has 0 saturated heterocycles. The van der Waals surface area contributed by atoms with E-state index in [1.54, 1.807) is 7.11 Å². The van der Waals surface area contributed by atoms with E-state index >= 15 is 0 Å². The first kappa shape index (κ1) is 22.2. The molecule has 0 aromatic heterocycles. The lowest BCUT2D eigenvalue weighted by Gasteiger charge is -2.20. The topological polar surface area (TPSA) is 48.9 Å². The normalized spacial score (nSPS) is 13.0. The Morgan fingerprint density at radius 1 is 1.25 bits per heavy atom. The van der Waals surface area contributed by atoms with Gasteiger partial charge in [-0.3, -0.25) is 4.99 Å². The molecule has 0 rings (SSSR count). The lowest BCUT2D eigenvalue weighted by Crippen LogP contribution is -2.44. The molecular weight excluding hydrogens is 367 g/mol. The third kappa shape index (κ3) is 11.7. The van der Waals surface area contributed by atoms with Crippen molar-refractivity contribution in [3.8, 4) is 0 Å². The smallest absolute Gasteiger partial charge is 0.191 e. The van der Waals surface area contributed by atoms with Gasteiger partial charge in [0.25, 0.3) is 0 Å². The van der Waals surface area contributed by atoms with Crippen LogP contribution in [0.2, 0.25) is 0 Å². The van der Waals surface area contributed by atoms with Crippen LogP contribution in [-0.4, -0.2) is 63.3 Å². The quantitative estimate of drug-likeness (QED) is 0.334. The highest BCUT2D eigenvalue weighted by Crippen LogP contribution is 1.91. The summed E-state index contributed by atoms with van der Waals surface area (Å²) in [5.74, 6) is 0.875. The van der Waals surface area contributed by atoms with Crippen molar-refractivity contribution in [2.24, 2.45) is 4.99 Å². The summed E-state index contributed by atoms with van der Waals surface area (Å²) < 4.78 is 5.12. The monoisotopic (exact) mass is 400 g/mol. The van der Waals surface area contributed by atoms with Crippen LogP contribution in [-0.2, 0) is 4.74 Å². The summed E-state index contributed by atoms with van der Waals surface area (Å²) in [6, 6.07) is 0.265. The Morgan fingerprint density at radius 2 is 1.95 bits per heavy atom. The third-order valence-corrected chi connectivity index (χ3v) is 2.82. The maximum Gasteiger partial charge on any atom is 0.191 e. The maximum atomic E-state index is 5.12. The average Bonchev–Trinajstić information content (AvgIpc) is 2.38. The van der Waals surface area contributed by atoms with Crippen molar-refractivity contribution in [2.75, 3.05) is 46.4 Å². The van der Waals surface area contributed by atoms with E-state index in [2.05, 4.69) is 48.2 Å². The van der Waals surface area contributed by atoms with Crippen LogP contribution in [0.1, 0.15) is 34.1 Å². The van der Waals surface area contributed by atoms with Crippen molar-refractivity contribution in [1.29, 1.82) is 0 Å². The fourth-order valence-electron chi connectivity index (χ4n) is 1.89. The Kier molecular flexibility index (Phi) is 17.0. The largest absolute Gasteiger partial charge is 0.383 e. The van der Waals surface area contributed by atoms with E-state index in [1.165, 1.54) is 6.42 Å². The van der Waals surface area contributed by atoms with E-state index in [0.717, 1.165) is 38.7 Å². The number of halogens is 1. The van der Waals surface area contributed by atoms with Gasteiger partial charge in [0.2, 0.25) is 0 Å². The second kappa shape index (κ2) is 15.3. The molecule has 6 heteroatoms. The minimum absolute atomic E-state index is 0. The van der Waals surface area contributed by atoms with Crippen molar-refractivity contribution in [3.63, 3.8) is 0 Å². The van der Waals surface area contributed by atoms with Crippen LogP contribution >= 0.6 is 24.0 Å². The maximum absolute atomic E-state index is 5.12. The highest BCUT2D eigenvalue weighted by atomic mass is 127. The fourth-order valence-corrected chi connectivity index (χ4v) is 1.89. The molecule has 0 spiro atoms. The van der Waals surface area contributed by atoms with Gasteiger partial charge in [-0.25, -0.2) is 0 Å². The van der Waals surface area contributed by atoms with E-state index in [9.17, 15) is 0 Å². The SMILES string of the molecule is CCCN(CC)CCN=C(NCC)NC(C)COC.I. The molecule has 0 aromatic rings. The molecule has 2 N–H and O–H groups in total. The first-order valence-corrected chi connectivity index (χ1v) is 7.43. The van der Waals surface area contributed by atoms with Crippen LogP contribution in [0, 0.1) is 0 Å². The lowest BCUT2D eigenvalue weighted by atomic mass is 10.4. The van der Waals surface area contributed by atoms with Crippen LogP contribution in [0.25, 0.3) is 0 Å². The number of guanidine groups is 1. The van der Waals surface area contributed by atoms with Crippen LogP contribution in [0.4, 0.5) is 0 Å². The second-order valence-electron chi connectivity index (χ2n) is 4.70. The molecular formula is C14H33IN4O. The van der Waals surface area contributed by atoms with Crippen molar-refractivity contribution in [2.45, 2.75) is 40.2 Å². The molecule has 0 aromatic carbocycles. The molecule has 0 fully saturated rings. The van der Waals surface area contributed by atoms with Crippen LogP contribution in [0.3, 0.4) is 0 Å². The summed E-state index contributed by atoms with van der Waals surface area (Å²) in [5, 5.41) is 6.60. The van der Waals surface area contributed by atoms with E-state index in [1.807, 2.05) is 0 Å². The summed E-state index contributed by atoms with van der Waals surface area (Å²) in [5.41, 5.74) is 0. The molecule has 0 bridgehead atoms. The van der Waals surface area contributed by atoms with Gasteiger partial charge in [-0.05, 0) is 33.4 Å². The van der Waals surface area contributed by atoms with Gasteiger partial charge in [-0.2, -0.15) is 0 Å². The molecule has 122 valence electrons. The van der Waals surface area contributed by atoms with Crippen LogP contribution < -0.4 is 10.6 Å². The highest BCUT2D eigenvalue weighted by molar-refractivity contribution is 14.0. The van der Waals surface area contributed by atoms with Gasteiger partial charge in [0, 0.05) is 26.2 Å². The summed E-state index contributed by atoms with van der Waals surface area (Å²) in [6.07, 6.45) is 1.20. The zero-order valence-electron chi connectivity index (χ0n) is 13.7. The Labute approximate surface area is 141 Å². The Hall–Kier alpha value is -0.0800. The summed E-state index contributed by atoms with van der Waals surface area (Å²) in [6.45, 7) is 14.2. The Bertz CT molecular complexity index is 239. The van der Waals surface area contributed by atoms with Crippen molar-refractivity contribution < 1.29 is 4.74 Å². The first-order chi connectivity index (χ1) is 9.17. The standard InChI is InChI=1S/C14H32N4O.HI/c1-6-10-18(8-3)11-9-16-14(15-7-2)17-13(4)12-19-5;/h13H,6-12H2,1-5H3,(H2,15,16,17);1H. The van der Waals surface area contributed by atoms with Crippen molar-refractivity contribution in [3.05, 3.63) is 0 Å². The van der Waals surface area contributed by atoms with E-state index in [0.29, 0.717) is 6.61 Å². The van der Waals surface area contributed by atoms with Gasteiger partial charge in [-0.1, -0.05) is 13.8 Å². The molecule has 0 saturated carbocycles. The molecule has 0 aliphatic heterocycles. The predicted octanol–water partition coefficient (Wildman–Crippen LogP) is 1.93. The van der Waals surface area contributed by atoms with Gasteiger partial charge in [0.1, 0.15) is 0 Å². The summed E-state index contributed by atoms with van der Waals surface area (Å²) in [4.78, 5) is 7.03. The molecule has 0 aliphatic rings. The van der Waals surface area contributed by atoms with E-state index < -0.39 is 0 Å². The summed E-state index contributed by atoms with van der Waals surface area (Å²) >= 11 is 0. The Balaban J connectivity index is 0. The lowest BCUT2D eigenvalue weighted by molar-refractivity contribution is 0.179. The van der Waals surface area contributed by atoms with Gasteiger partial charge >= 0.3 is 0 Å². The van der Waals surface area contributed by atoms with Gasteiger partial charge in [0.05, 0.1) is 13.2 Å². The average molecular weight is 400 g/mol. The zero-order chi connectivity index (χ0) is 14.5.